The van der Waals surface area contributed by atoms with E-state index in [1.165, 1.54) is 0 Å². The lowest BCUT2D eigenvalue weighted by molar-refractivity contribution is 0.138. The second-order valence-corrected chi connectivity index (χ2v) is 6.20. The Balaban J connectivity index is 1.75. The summed E-state index contributed by atoms with van der Waals surface area (Å²) in [5.41, 5.74) is 2.49. The van der Waals surface area contributed by atoms with E-state index in [1.54, 1.807) is 6.07 Å². The number of amides is 1. The van der Waals surface area contributed by atoms with Crippen molar-refractivity contribution in [2.45, 2.75) is 12.6 Å². The molecule has 0 saturated carbocycles. The molecule has 0 unspecified atom stereocenters. The molecule has 0 spiro atoms. The van der Waals surface area contributed by atoms with Crippen molar-refractivity contribution in [2.24, 2.45) is 0 Å². The van der Waals surface area contributed by atoms with E-state index in [0.717, 1.165) is 16.7 Å². The van der Waals surface area contributed by atoms with Gasteiger partial charge in [0.15, 0.2) is 0 Å². The minimum Gasteiger partial charge on any atom is -0.445 e. The summed E-state index contributed by atoms with van der Waals surface area (Å²) in [7, 11) is 0. The van der Waals surface area contributed by atoms with Crippen molar-refractivity contribution in [3.63, 3.8) is 0 Å². The summed E-state index contributed by atoms with van der Waals surface area (Å²) >= 11 is 6.30. The predicted molar refractivity (Wildman–Crippen MR) is 107 cm³/mol. The molecule has 0 aromatic heterocycles. The van der Waals surface area contributed by atoms with Crippen LogP contribution in [0.3, 0.4) is 0 Å². The molecular formula is C23H18ClNO2. The van der Waals surface area contributed by atoms with Gasteiger partial charge in [0.05, 0.1) is 0 Å². The van der Waals surface area contributed by atoms with E-state index < -0.39 is 12.1 Å². The van der Waals surface area contributed by atoms with Gasteiger partial charge < -0.3 is 10.1 Å². The van der Waals surface area contributed by atoms with E-state index in [1.807, 2.05) is 78.9 Å². The summed E-state index contributed by atoms with van der Waals surface area (Å²) in [6.45, 7) is 0.189. The molecule has 1 amide bonds. The molecular weight excluding hydrogens is 358 g/mol. The van der Waals surface area contributed by atoms with Crippen LogP contribution in [0.15, 0.2) is 84.9 Å². The van der Waals surface area contributed by atoms with Gasteiger partial charge in [0.1, 0.15) is 12.6 Å². The Morgan fingerprint density at radius 2 is 1.56 bits per heavy atom. The third-order valence-electron chi connectivity index (χ3n) is 3.83. The van der Waals surface area contributed by atoms with Crippen LogP contribution in [0.2, 0.25) is 5.02 Å². The zero-order chi connectivity index (χ0) is 18.9. The third kappa shape index (κ3) is 5.64. The van der Waals surface area contributed by atoms with Crippen molar-refractivity contribution in [1.82, 2.24) is 5.32 Å². The largest absolute Gasteiger partial charge is 0.445 e. The first-order chi connectivity index (χ1) is 13.2. The van der Waals surface area contributed by atoms with E-state index in [9.17, 15) is 4.79 Å². The number of nitrogens with one attached hydrogen (secondary N) is 1. The molecule has 3 aromatic rings. The van der Waals surface area contributed by atoms with Crippen molar-refractivity contribution < 1.29 is 9.53 Å². The summed E-state index contributed by atoms with van der Waals surface area (Å²) in [6.07, 6.45) is -0.550. The average Bonchev–Trinajstić information content (AvgIpc) is 2.72. The lowest BCUT2D eigenvalue weighted by Crippen LogP contribution is -2.28. The van der Waals surface area contributed by atoms with Crippen LogP contribution in [0.5, 0.6) is 0 Å². The number of ether oxygens (including phenoxy) is 1. The zero-order valence-corrected chi connectivity index (χ0v) is 15.3. The van der Waals surface area contributed by atoms with E-state index >= 15 is 0 Å². The number of alkyl carbamates (subject to hydrolysis) is 1. The molecule has 1 N–H and O–H groups in total. The van der Waals surface area contributed by atoms with Crippen LogP contribution in [0.25, 0.3) is 0 Å². The molecule has 0 bridgehead atoms. The van der Waals surface area contributed by atoms with Gasteiger partial charge >= 0.3 is 6.09 Å². The Labute approximate surface area is 163 Å². The van der Waals surface area contributed by atoms with Crippen LogP contribution in [-0.4, -0.2) is 6.09 Å². The molecule has 0 aliphatic carbocycles. The monoisotopic (exact) mass is 375 g/mol. The van der Waals surface area contributed by atoms with E-state index in [0.29, 0.717) is 5.02 Å². The number of carbonyl (C=O) groups excluding carboxylic acids is 1. The molecule has 0 radical (unpaired) electrons. The van der Waals surface area contributed by atoms with E-state index in [2.05, 4.69) is 17.2 Å². The highest BCUT2D eigenvalue weighted by atomic mass is 35.5. The Hall–Kier alpha value is -3.22. The molecule has 0 aliphatic heterocycles. The first-order valence-electron chi connectivity index (χ1n) is 8.50. The fourth-order valence-electron chi connectivity index (χ4n) is 2.46. The molecule has 3 aromatic carbocycles. The smallest absolute Gasteiger partial charge is 0.408 e. The number of hydrogen-bond donors (Lipinski definition) is 1. The van der Waals surface area contributed by atoms with Gasteiger partial charge in [-0.15, -0.1) is 0 Å². The van der Waals surface area contributed by atoms with Crippen LogP contribution < -0.4 is 5.32 Å². The highest BCUT2D eigenvalue weighted by Gasteiger charge is 2.16. The van der Waals surface area contributed by atoms with Crippen molar-refractivity contribution in [1.29, 1.82) is 0 Å². The number of rotatable bonds is 4. The Kier molecular flexibility index (Phi) is 6.51. The molecule has 4 heteroatoms. The first kappa shape index (κ1) is 18.6. The molecule has 3 nitrogen and oxygen atoms in total. The maximum atomic E-state index is 12.3. The van der Waals surface area contributed by atoms with Gasteiger partial charge in [-0.3, -0.25) is 0 Å². The molecule has 0 saturated heterocycles. The number of hydrogen-bond acceptors (Lipinski definition) is 2. The van der Waals surface area contributed by atoms with Crippen LogP contribution in [0.1, 0.15) is 22.7 Å². The molecule has 134 valence electrons. The minimum atomic E-state index is -0.581. The van der Waals surface area contributed by atoms with Crippen molar-refractivity contribution >= 4 is 17.7 Å². The third-order valence-corrected chi connectivity index (χ3v) is 4.17. The van der Waals surface area contributed by atoms with Crippen molar-refractivity contribution in [3.05, 3.63) is 107 Å². The standard InChI is InChI=1S/C23H18ClNO2/c24-21-14-8-7-13-20(21)22(16-15-18-9-3-1-4-10-18)25-23(26)27-17-19-11-5-2-6-12-19/h1-14,22H,17H2,(H,25,26)/t22-/m1/s1. The fourth-order valence-corrected chi connectivity index (χ4v) is 2.71. The van der Waals surface area contributed by atoms with Gasteiger partial charge in [0.25, 0.3) is 0 Å². The Morgan fingerprint density at radius 3 is 2.26 bits per heavy atom. The summed E-state index contributed by atoms with van der Waals surface area (Å²) < 4.78 is 5.31. The maximum Gasteiger partial charge on any atom is 0.408 e. The van der Waals surface area contributed by atoms with Gasteiger partial charge in [0.2, 0.25) is 0 Å². The Bertz CT molecular complexity index is 946. The second-order valence-electron chi connectivity index (χ2n) is 5.80. The molecule has 0 aliphatic rings. The van der Waals surface area contributed by atoms with E-state index in [-0.39, 0.29) is 6.61 Å². The van der Waals surface area contributed by atoms with Crippen LogP contribution >= 0.6 is 11.6 Å². The first-order valence-corrected chi connectivity index (χ1v) is 8.88. The maximum absolute atomic E-state index is 12.3. The molecule has 0 fully saturated rings. The second kappa shape index (κ2) is 9.47. The van der Waals surface area contributed by atoms with E-state index in [4.69, 9.17) is 16.3 Å². The SMILES string of the molecule is O=C(N[C@H](C#Cc1ccccc1)c1ccccc1Cl)OCc1ccccc1. The van der Waals surface area contributed by atoms with Gasteiger partial charge in [-0.25, -0.2) is 4.79 Å². The number of halogens is 1. The molecule has 1 atom stereocenters. The summed E-state index contributed by atoms with van der Waals surface area (Å²) in [4.78, 5) is 12.3. The van der Waals surface area contributed by atoms with Crippen LogP contribution in [0.4, 0.5) is 4.79 Å². The number of carbonyl (C=O) groups is 1. The summed E-state index contributed by atoms with van der Waals surface area (Å²) in [5, 5.41) is 3.33. The zero-order valence-electron chi connectivity index (χ0n) is 14.6. The van der Waals surface area contributed by atoms with Crippen molar-refractivity contribution in [3.8, 4) is 11.8 Å². The predicted octanol–water partition coefficient (Wildman–Crippen LogP) is 5.36. The number of benzene rings is 3. The quantitative estimate of drug-likeness (QED) is 0.623. The summed E-state index contributed by atoms with van der Waals surface area (Å²) in [6, 6.07) is 25.8. The lowest BCUT2D eigenvalue weighted by Gasteiger charge is -2.15. The minimum absolute atomic E-state index is 0.189. The average molecular weight is 376 g/mol. The van der Waals surface area contributed by atoms with Gasteiger partial charge in [0, 0.05) is 16.1 Å². The highest BCUT2D eigenvalue weighted by Crippen LogP contribution is 2.22. The molecule has 27 heavy (non-hydrogen) atoms. The van der Waals surface area contributed by atoms with Gasteiger partial charge in [-0.2, -0.15) is 0 Å². The normalized spacial score (nSPS) is 11.0. The van der Waals surface area contributed by atoms with Gasteiger partial charge in [-0.05, 0) is 23.8 Å². The molecule has 3 rings (SSSR count). The van der Waals surface area contributed by atoms with Crippen LogP contribution in [-0.2, 0) is 11.3 Å². The summed E-state index contributed by atoms with van der Waals surface area (Å²) in [5.74, 6) is 6.15. The fraction of sp³-hybridized carbons (Fsp3) is 0.0870. The lowest BCUT2D eigenvalue weighted by atomic mass is 10.1. The molecule has 0 heterocycles. The van der Waals surface area contributed by atoms with Gasteiger partial charge in [-0.1, -0.05) is 90.2 Å². The highest BCUT2D eigenvalue weighted by molar-refractivity contribution is 6.31. The Morgan fingerprint density at radius 1 is 0.926 bits per heavy atom. The van der Waals surface area contributed by atoms with Crippen molar-refractivity contribution in [2.75, 3.05) is 0 Å². The van der Waals surface area contributed by atoms with Crippen LogP contribution in [0, 0.1) is 11.8 Å². The topological polar surface area (TPSA) is 38.3 Å².